The maximum absolute atomic E-state index is 2.37. The minimum absolute atomic E-state index is 0.0791. The molecule has 0 N–H and O–H groups in total. The number of para-hydroxylation sites is 2. The number of hydrogen-bond donors (Lipinski definition) is 0. The van der Waals surface area contributed by atoms with Gasteiger partial charge in [-0.25, -0.2) is 0 Å². The molecular formula is C54H44N2. The Bertz CT molecular complexity index is 2720. The van der Waals surface area contributed by atoms with Crippen LogP contribution in [0, 0.1) is 0 Å². The molecule has 56 heavy (non-hydrogen) atoms. The maximum atomic E-state index is 2.37. The minimum atomic E-state index is -0.261. The summed E-state index contributed by atoms with van der Waals surface area (Å²) >= 11 is 0. The van der Waals surface area contributed by atoms with Crippen LogP contribution in [0.1, 0.15) is 47.2 Å². The molecule has 0 saturated heterocycles. The third kappa shape index (κ3) is 4.95. The van der Waals surface area contributed by atoms with E-state index in [1.165, 1.54) is 89.5 Å². The molecule has 1 spiro atoms. The van der Waals surface area contributed by atoms with Gasteiger partial charge in [0.1, 0.15) is 0 Å². The van der Waals surface area contributed by atoms with Crippen molar-refractivity contribution in [3.63, 3.8) is 0 Å². The number of rotatable bonds is 4. The molecule has 0 fully saturated rings. The van der Waals surface area contributed by atoms with Gasteiger partial charge in [-0.15, -0.1) is 0 Å². The highest BCUT2D eigenvalue weighted by molar-refractivity contribution is 5.96. The monoisotopic (exact) mass is 720 g/mol. The van der Waals surface area contributed by atoms with E-state index >= 15 is 0 Å². The first-order valence-corrected chi connectivity index (χ1v) is 19.6. The Kier molecular flexibility index (Phi) is 7.87. The van der Waals surface area contributed by atoms with Crippen LogP contribution in [-0.4, -0.2) is 14.1 Å². The van der Waals surface area contributed by atoms with E-state index in [0.29, 0.717) is 0 Å². The summed E-state index contributed by atoms with van der Waals surface area (Å²) in [5.74, 6) is 0. The Morgan fingerprint density at radius 2 is 0.589 bits per heavy atom. The Morgan fingerprint density at radius 1 is 0.286 bits per heavy atom. The van der Waals surface area contributed by atoms with Crippen LogP contribution in [0.25, 0.3) is 33.4 Å². The van der Waals surface area contributed by atoms with E-state index in [0.717, 1.165) is 0 Å². The Balaban J connectivity index is 0.000000147. The lowest BCUT2D eigenvalue weighted by molar-refractivity contribution is 0.660. The van der Waals surface area contributed by atoms with Gasteiger partial charge in [-0.3, -0.25) is 0 Å². The van der Waals surface area contributed by atoms with E-state index in [4.69, 9.17) is 0 Å². The zero-order valence-corrected chi connectivity index (χ0v) is 32.4. The lowest BCUT2D eigenvalue weighted by Crippen LogP contribution is -2.25. The minimum Gasteiger partial charge on any atom is -0.345 e. The second-order valence-corrected chi connectivity index (χ2v) is 15.8. The van der Waals surface area contributed by atoms with Crippen molar-refractivity contribution >= 4 is 22.7 Å². The summed E-state index contributed by atoms with van der Waals surface area (Å²) in [5.41, 5.74) is 21.1. The number of anilines is 4. The highest BCUT2D eigenvalue weighted by Gasteiger charge is 2.51. The lowest BCUT2D eigenvalue weighted by Gasteiger charge is -2.30. The fourth-order valence-electron chi connectivity index (χ4n) is 9.81. The van der Waals surface area contributed by atoms with Crippen molar-refractivity contribution < 1.29 is 0 Å². The average molecular weight is 721 g/mol. The standard InChI is InChI=1S/C32H23N.C22H21N/c1-33(22-11-3-2-4-12-22)23-19-20-31-27(21-23)26-15-7-10-18-30(26)32(31)28-16-8-5-13-24(28)25-14-6-9-17-29(25)32;1-22(2)20-12-8-7-11-18(20)19-15-17(13-14-21(19)22)23(3)16-9-5-4-6-10-16/h2-21H,1H3;4-15H,1-3H3. The summed E-state index contributed by atoms with van der Waals surface area (Å²) in [6, 6.07) is 70.6. The van der Waals surface area contributed by atoms with Gasteiger partial charge in [0.15, 0.2) is 0 Å². The molecule has 2 nitrogen and oxygen atoms in total. The van der Waals surface area contributed by atoms with E-state index in [1.807, 2.05) is 0 Å². The highest BCUT2D eigenvalue weighted by atomic mass is 15.1. The Labute approximate surface area is 331 Å². The van der Waals surface area contributed by atoms with Crippen molar-refractivity contribution in [1.82, 2.24) is 0 Å². The molecule has 0 bridgehead atoms. The van der Waals surface area contributed by atoms with E-state index in [2.05, 4.69) is 232 Å². The Hall–Kier alpha value is -6.64. The van der Waals surface area contributed by atoms with Gasteiger partial charge >= 0.3 is 0 Å². The molecule has 0 amide bonds. The molecule has 0 aromatic heterocycles. The van der Waals surface area contributed by atoms with E-state index in [-0.39, 0.29) is 10.8 Å². The first-order chi connectivity index (χ1) is 27.4. The van der Waals surface area contributed by atoms with Crippen LogP contribution in [-0.2, 0) is 10.8 Å². The Morgan fingerprint density at radius 3 is 1.05 bits per heavy atom. The van der Waals surface area contributed by atoms with Gasteiger partial charge in [0.05, 0.1) is 5.41 Å². The number of nitrogens with zero attached hydrogens (tertiary/aromatic N) is 2. The highest BCUT2D eigenvalue weighted by Crippen LogP contribution is 2.63. The molecule has 2 heteroatoms. The molecule has 0 unspecified atom stereocenters. The molecule has 8 aromatic rings. The molecule has 0 aliphatic heterocycles. The summed E-state index contributed by atoms with van der Waals surface area (Å²) in [6.07, 6.45) is 0. The van der Waals surface area contributed by atoms with Crippen LogP contribution in [0.15, 0.2) is 194 Å². The van der Waals surface area contributed by atoms with Crippen molar-refractivity contribution in [3.05, 3.63) is 228 Å². The average Bonchev–Trinajstić information content (AvgIpc) is 3.82. The van der Waals surface area contributed by atoms with Gasteiger partial charge in [-0.1, -0.05) is 159 Å². The second kappa shape index (κ2) is 13.0. The van der Waals surface area contributed by atoms with Crippen molar-refractivity contribution in [2.24, 2.45) is 0 Å². The number of fused-ring (bicyclic) bond motifs is 13. The molecule has 3 aliphatic carbocycles. The summed E-state index contributed by atoms with van der Waals surface area (Å²) in [6.45, 7) is 4.64. The van der Waals surface area contributed by atoms with E-state index < -0.39 is 0 Å². The molecular weight excluding hydrogens is 677 g/mol. The quantitative estimate of drug-likeness (QED) is 0.179. The molecule has 0 radical (unpaired) electrons. The summed E-state index contributed by atoms with van der Waals surface area (Å²) in [7, 11) is 4.27. The molecule has 270 valence electrons. The van der Waals surface area contributed by atoms with Crippen molar-refractivity contribution in [3.8, 4) is 33.4 Å². The number of hydrogen-bond acceptors (Lipinski definition) is 2. The van der Waals surface area contributed by atoms with Gasteiger partial charge in [0, 0.05) is 42.3 Å². The molecule has 11 rings (SSSR count). The largest absolute Gasteiger partial charge is 0.345 e. The molecule has 8 aromatic carbocycles. The fourth-order valence-corrected chi connectivity index (χ4v) is 9.81. The predicted octanol–water partition coefficient (Wildman–Crippen LogP) is 13.6. The van der Waals surface area contributed by atoms with Crippen LogP contribution < -0.4 is 9.80 Å². The number of benzene rings is 8. The van der Waals surface area contributed by atoms with Gasteiger partial charge in [0.2, 0.25) is 0 Å². The normalized spacial score (nSPS) is 14.0. The van der Waals surface area contributed by atoms with Gasteiger partial charge < -0.3 is 9.80 Å². The zero-order valence-electron chi connectivity index (χ0n) is 32.4. The topological polar surface area (TPSA) is 6.48 Å². The van der Waals surface area contributed by atoms with Crippen LogP contribution in [0.3, 0.4) is 0 Å². The SMILES string of the molecule is CN(c1ccccc1)c1ccc2c(c1)-c1ccccc1C2(C)C.CN(c1ccccc1)c1ccc2c(c1)-c1ccccc1C21c2ccccc2-c2ccccc21. The first kappa shape index (κ1) is 33.9. The van der Waals surface area contributed by atoms with Crippen LogP contribution in [0.5, 0.6) is 0 Å². The van der Waals surface area contributed by atoms with Gasteiger partial charge in [-0.2, -0.15) is 0 Å². The smallest absolute Gasteiger partial charge is 0.0725 e. The van der Waals surface area contributed by atoms with Crippen LogP contribution in [0.4, 0.5) is 22.7 Å². The zero-order chi connectivity index (χ0) is 38.0. The second-order valence-electron chi connectivity index (χ2n) is 15.8. The van der Waals surface area contributed by atoms with Crippen LogP contribution in [0.2, 0.25) is 0 Å². The molecule has 0 heterocycles. The summed E-state index contributed by atoms with van der Waals surface area (Å²) in [4.78, 5) is 4.51. The van der Waals surface area contributed by atoms with Crippen LogP contribution >= 0.6 is 0 Å². The molecule has 0 saturated carbocycles. The van der Waals surface area contributed by atoms with Crippen molar-refractivity contribution in [2.45, 2.75) is 24.7 Å². The van der Waals surface area contributed by atoms with E-state index in [1.54, 1.807) is 0 Å². The predicted molar refractivity (Wildman–Crippen MR) is 236 cm³/mol. The fraction of sp³-hybridized carbons (Fsp3) is 0.111. The van der Waals surface area contributed by atoms with Crippen molar-refractivity contribution in [1.29, 1.82) is 0 Å². The van der Waals surface area contributed by atoms with Gasteiger partial charge in [-0.05, 0) is 115 Å². The van der Waals surface area contributed by atoms with E-state index in [9.17, 15) is 0 Å². The van der Waals surface area contributed by atoms with Crippen molar-refractivity contribution in [2.75, 3.05) is 23.9 Å². The third-order valence-electron chi connectivity index (χ3n) is 12.6. The third-order valence-corrected chi connectivity index (χ3v) is 12.6. The molecule has 3 aliphatic rings. The molecule has 0 atom stereocenters. The van der Waals surface area contributed by atoms with Gasteiger partial charge in [0.25, 0.3) is 0 Å². The maximum Gasteiger partial charge on any atom is 0.0725 e. The lowest BCUT2D eigenvalue weighted by atomic mass is 9.70. The summed E-state index contributed by atoms with van der Waals surface area (Å²) < 4.78 is 0. The first-order valence-electron chi connectivity index (χ1n) is 19.6. The summed E-state index contributed by atoms with van der Waals surface area (Å²) in [5, 5.41) is 0.